The van der Waals surface area contributed by atoms with Crippen molar-refractivity contribution in [2.45, 2.75) is 56.6 Å². The van der Waals surface area contributed by atoms with Gasteiger partial charge in [-0.1, -0.05) is 18.2 Å². The Morgan fingerprint density at radius 2 is 1.94 bits per heavy atom. The predicted molar refractivity (Wildman–Crippen MR) is 68.8 cm³/mol. The Morgan fingerprint density at radius 3 is 2.71 bits per heavy atom. The van der Waals surface area contributed by atoms with Crippen molar-refractivity contribution in [3.8, 4) is 0 Å². The van der Waals surface area contributed by atoms with Gasteiger partial charge in [0.25, 0.3) is 0 Å². The molecule has 0 aliphatic heterocycles. The number of benzene rings is 1. The number of nitrogens with two attached hydrogens (primary N) is 1. The summed E-state index contributed by atoms with van der Waals surface area (Å²) in [6.45, 7) is 0. The molecule has 2 aliphatic carbocycles. The zero-order chi connectivity index (χ0) is 11.9. The molecule has 2 nitrogen and oxygen atoms in total. The number of aliphatic hydroxyl groups excluding tert-OH is 1. The van der Waals surface area contributed by atoms with E-state index in [9.17, 15) is 5.11 Å². The maximum atomic E-state index is 9.63. The molecule has 0 unspecified atom stereocenters. The van der Waals surface area contributed by atoms with Crippen molar-refractivity contribution in [2.75, 3.05) is 0 Å². The van der Waals surface area contributed by atoms with Gasteiger partial charge >= 0.3 is 0 Å². The van der Waals surface area contributed by atoms with Crippen molar-refractivity contribution >= 4 is 0 Å². The second-order valence-electron chi connectivity index (χ2n) is 5.68. The first-order valence-corrected chi connectivity index (χ1v) is 6.77. The highest BCUT2D eigenvalue weighted by molar-refractivity contribution is 5.42. The Labute approximate surface area is 103 Å². The van der Waals surface area contributed by atoms with E-state index in [-0.39, 0.29) is 11.6 Å². The molecular weight excluding hydrogens is 210 g/mol. The fraction of sp³-hybridized carbons (Fsp3) is 0.600. The normalized spacial score (nSPS) is 32.5. The third kappa shape index (κ3) is 1.90. The van der Waals surface area contributed by atoms with E-state index in [0.29, 0.717) is 0 Å². The Morgan fingerprint density at radius 1 is 1.18 bits per heavy atom. The van der Waals surface area contributed by atoms with E-state index in [2.05, 4.69) is 18.2 Å². The van der Waals surface area contributed by atoms with E-state index in [1.807, 2.05) is 0 Å². The molecule has 1 aromatic carbocycles. The molecule has 0 spiro atoms. The predicted octanol–water partition coefficient (Wildman–Crippen LogP) is 2.26. The summed E-state index contributed by atoms with van der Waals surface area (Å²) >= 11 is 0. The van der Waals surface area contributed by atoms with Crippen LogP contribution in [0.5, 0.6) is 0 Å². The molecule has 0 aromatic heterocycles. The molecule has 1 aromatic rings. The van der Waals surface area contributed by atoms with Gasteiger partial charge in [-0.15, -0.1) is 0 Å². The minimum Gasteiger partial charge on any atom is -0.393 e. The Kier molecular flexibility index (Phi) is 2.72. The van der Waals surface area contributed by atoms with Crippen LogP contribution in [0.15, 0.2) is 18.2 Å². The fourth-order valence-electron chi connectivity index (χ4n) is 3.47. The van der Waals surface area contributed by atoms with E-state index in [4.69, 9.17) is 5.73 Å². The molecule has 92 valence electrons. The Balaban J connectivity index is 1.96. The monoisotopic (exact) mass is 231 g/mol. The summed E-state index contributed by atoms with van der Waals surface area (Å²) < 4.78 is 0. The molecule has 1 fully saturated rings. The lowest BCUT2D eigenvalue weighted by Gasteiger charge is -2.37. The van der Waals surface area contributed by atoms with E-state index in [1.54, 1.807) is 0 Å². The summed E-state index contributed by atoms with van der Waals surface area (Å²) in [5.41, 5.74) is 10.8. The van der Waals surface area contributed by atoms with E-state index in [0.717, 1.165) is 25.7 Å². The summed E-state index contributed by atoms with van der Waals surface area (Å²) in [5.74, 6) is 0. The average Bonchev–Trinajstić information content (AvgIpc) is 2.81. The van der Waals surface area contributed by atoms with Gasteiger partial charge in [0.1, 0.15) is 0 Å². The van der Waals surface area contributed by atoms with Crippen molar-refractivity contribution < 1.29 is 5.11 Å². The van der Waals surface area contributed by atoms with Gasteiger partial charge in [-0.3, -0.25) is 0 Å². The molecule has 0 bridgehead atoms. The summed E-state index contributed by atoms with van der Waals surface area (Å²) in [6, 6.07) is 6.61. The average molecular weight is 231 g/mol. The van der Waals surface area contributed by atoms with Crippen molar-refractivity contribution in [3.63, 3.8) is 0 Å². The second-order valence-corrected chi connectivity index (χ2v) is 5.68. The molecule has 0 saturated heterocycles. The van der Waals surface area contributed by atoms with E-state index < -0.39 is 0 Å². The van der Waals surface area contributed by atoms with Gasteiger partial charge in [0.2, 0.25) is 0 Å². The highest BCUT2D eigenvalue weighted by Crippen LogP contribution is 2.39. The van der Waals surface area contributed by atoms with Gasteiger partial charge in [-0.2, -0.15) is 0 Å². The standard InChI is InChI=1S/C15H21NO/c16-15(9-7-12(17)8-10-15)14-6-2-4-11-3-1-5-13(11)14/h2,4,6,12,17H,1,3,5,7-10,16H2. The number of aryl methyl sites for hydroxylation is 1. The number of aliphatic hydroxyl groups is 1. The first-order chi connectivity index (χ1) is 8.19. The van der Waals surface area contributed by atoms with Gasteiger partial charge in [-0.25, -0.2) is 0 Å². The van der Waals surface area contributed by atoms with E-state index >= 15 is 0 Å². The molecule has 17 heavy (non-hydrogen) atoms. The minimum absolute atomic E-state index is 0.136. The lowest BCUT2D eigenvalue weighted by atomic mass is 9.74. The van der Waals surface area contributed by atoms with Crippen LogP contribution in [0.25, 0.3) is 0 Å². The summed E-state index contributed by atoms with van der Waals surface area (Å²) in [7, 11) is 0. The molecular formula is C15H21NO. The lowest BCUT2D eigenvalue weighted by Crippen LogP contribution is -2.42. The molecule has 0 atom stereocenters. The fourth-order valence-corrected chi connectivity index (χ4v) is 3.47. The van der Waals surface area contributed by atoms with Crippen LogP contribution in [0.2, 0.25) is 0 Å². The molecule has 3 rings (SSSR count). The molecule has 1 saturated carbocycles. The maximum Gasteiger partial charge on any atom is 0.0541 e. The van der Waals surface area contributed by atoms with Gasteiger partial charge < -0.3 is 10.8 Å². The molecule has 2 aliphatic rings. The van der Waals surface area contributed by atoms with Gasteiger partial charge in [0.05, 0.1) is 6.10 Å². The molecule has 3 N–H and O–H groups in total. The van der Waals surface area contributed by atoms with Crippen molar-refractivity contribution in [3.05, 3.63) is 34.9 Å². The van der Waals surface area contributed by atoms with Crippen molar-refractivity contribution in [1.29, 1.82) is 0 Å². The molecule has 0 heterocycles. The van der Waals surface area contributed by atoms with Gasteiger partial charge in [0.15, 0.2) is 0 Å². The van der Waals surface area contributed by atoms with Crippen LogP contribution in [0, 0.1) is 0 Å². The zero-order valence-electron chi connectivity index (χ0n) is 10.3. The minimum atomic E-state index is -0.186. The number of fused-ring (bicyclic) bond motifs is 1. The van der Waals surface area contributed by atoms with Gasteiger partial charge in [0, 0.05) is 5.54 Å². The lowest BCUT2D eigenvalue weighted by molar-refractivity contribution is 0.0966. The summed E-state index contributed by atoms with van der Waals surface area (Å²) in [5, 5.41) is 9.63. The first-order valence-electron chi connectivity index (χ1n) is 6.77. The quantitative estimate of drug-likeness (QED) is 0.779. The maximum absolute atomic E-state index is 9.63. The van der Waals surface area contributed by atoms with Crippen LogP contribution >= 0.6 is 0 Å². The van der Waals surface area contributed by atoms with Crippen LogP contribution in [0.3, 0.4) is 0 Å². The van der Waals surface area contributed by atoms with Crippen LogP contribution in [-0.4, -0.2) is 11.2 Å². The topological polar surface area (TPSA) is 46.2 Å². The van der Waals surface area contributed by atoms with Crippen molar-refractivity contribution in [2.24, 2.45) is 5.73 Å². The third-order valence-electron chi connectivity index (χ3n) is 4.53. The molecule has 0 amide bonds. The third-order valence-corrected chi connectivity index (χ3v) is 4.53. The van der Waals surface area contributed by atoms with Crippen LogP contribution < -0.4 is 5.73 Å². The highest BCUT2D eigenvalue weighted by atomic mass is 16.3. The Hall–Kier alpha value is -0.860. The van der Waals surface area contributed by atoms with Crippen LogP contribution in [-0.2, 0) is 18.4 Å². The van der Waals surface area contributed by atoms with Crippen molar-refractivity contribution in [1.82, 2.24) is 0 Å². The smallest absolute Gasteiger partial charge is 0.0541 e. The largest absolute Gasteiger partial charge is 0.393 e. The SMILES string of the molecule is NC1(c2cccc3c2CCC3)CCC(O)CC1. The first kappa shape index (κ1) is 11.2. The molecule has 0 radical (unpaired) electrons. The highest BCUT2D eigenvalue weighted by Gasteiger charge is 2.35. The zero-order valence-corrected chi connectivity index (χ0v) is 10.3. The number of rotatable bonds is 1. The van der Waals surface area contributed by atoms with Crippen LogP contribution in [0.1, 0.15) is 48.8 Å². The summed E-state index contributed by atoms with van der Waals surface area (Å²) in [4.78, 5) is 0. The summed E-state index contributed by atoms with van der Waals surface area (Å²) in [6.07, 6.45) is 7.07. The number of hydrogen-bond donors (Lipinski definition) is 2. The molecule has 2 heteroatoms. The number of hydrogen-bond acceptors (Lipinski definition) is 2. The Bertz CT molecular complexity index is 419. The van der Waals surface area contributed by atoms with Gasteiger partial charge in [-0.05, 0) is 61.6 Å². The second kappa shape index (κ2) is 4.11. The van der Waals surface area contributed by atoms with Crippen LogP contribution in [0.4, 0.5) is 0 Å². The van der Waals surface area contributed by atoms with E-state index in [1.165, 1.54) is 36.0 Å².